The second kappa shape index (κ2) is 5.37. The van der Waals surface area contributed by atoms with Gasteiger partial charge >= 0.3 is 0 Å². The van der Waals surface area contributed by atoms with Crippen molar-refractivity contribution in [3.8, 4) is 0 Å². The first-order chi connectivity index (χ1) is 9.97. The van der Waals surface area contributed by atoms with Crippen molar-refractivity contribution in [3.63, 3.8) is 0 Å². The van der Waals surface area contributed by atoms with Crippen LogP contribution in [-0.2, 0) is 4.79 Å². The molecule has 2 N–H and O–H groups in total. The summed E-state index contributed by atoms with van der Waals surface area (Å²) in [6, 6.07) is 0.995. The van der Waals surface area contributed by atoms with E-state index in [2.05, 4.69) is 6.92 Å². The second-order valence-electron chi connectivity index (χ2n) is 6.37. The Kier molecular flexibility index (Phi) is 3.69. The van der Waals surface area contributed by atoms with Gasteiger partial charge in [0.1, 0.15) is 17.7 Å². The van der Waals surface area contributed by atoms with Crippen molar-refractivity contribution in [3.05, 3.63) is 29.3 Å². The maximum Gasteiger partial charge on any atom is 0.248 e. The maximum atomic E-state index is 13.9. The quantitative estimate of drug-likeness (QED) is 0.911. The standard InChI is InChI=1S/C16H20F2N2O/c1-9-2-4-10(5-3-9)8-20-13-7-11(17)6-12(18)14(13)15(19)16(20)21/h6-7,9-10,15H,2-5,8,19H2,1H3. The molecule has 3 nitrogen and oxygen atoms in total. The number of rotatable bonds is 2. The van der Waals surface area contributed by atoms with Gasteiger partial charge < -0.3 is 10.6 Å². The number of hydrogen-bond acceptors (Lipinski definition) is 2. The van der Waals surface area contributed by atoms with E-state index in [9.17, 15) is 13.6 Å². The van der Waals surface area contributed by atoms with E-state index < -0.39 is 17.7 Å². The minimum absolute atomic E-state index is 0.130. The molecule has 1 atom stereocenters. The summed E-state index contributed by atoms with van der Waals surface area (Å²) >= 11 is 0. The second-order valence-corrected chi connectivity index (χ2v) is 6.37. The molecule has 1 aromatic rings. The third-order valence-electron chi connectivity index (χ3n) is 4.78. The minimum Gasteiger partial charge on any atom is -0.316 e. The molecule has 3 rings (SSSR count). The fraction of sp³-hybridized carbons (Fsp3) is 0.562. The smallest absolute Gasteiger partial charge is 0.248 e. The van der Waals surface area contributed by atoms with Gasteiger partial charge in [-0.2, -0.15) is 0 Å². The molecule has 1 saturated carbocycles. The van der Waals surface area contributed by atoms with Crippen molar-refractivity contribution >= 4 is 11.6 Å². The van der Waals surface area contributed by atoms with Crippen LogP contribution in [0.1, 0.15) is 44.2 Å². The topological polar surface area (TPSA) is 46.3 Å². The van der Waals surface area contributed by atoms with Crippen molar-refractivity contribution in [1.82, 2.24) is 0 Å². The van der Waals surface area contributed by atoms with E-state index in [0.29, 0.717) is 18.2 Å². The van der Waals surface area contributed by atoms with Crippen molar-refractivity contribution in [1.29, 1.82) is 0 Å². The first-order valence-corrected chi connectivity index (χ1v) is 7.53. The van der Waals surface area contributed by atoms with Gasteiger partial charge in [-0.3, -0.25) is 4.79 Å². The zero-order valence-corrected chi connectivity index (χ0v) is 12.1. The number of amides is 1. The first kappa shape index (κ1) is 14.4. The van der Waals surface area contributed by atoms with E-state index >= 15 is 0 Å². The molecule has 1 aliphatic heterocycles. The number of benzene rings is 1. The lowest BCUT2D eigenvalue weighted by atomic mass is 9.83. The molecule has 1 unspecified atom stereocenters. The molecule has 0 saturated heterocycles. The van der Waals surface area contributed by atoms with Crippen molar-refractivity contribution in [2.24, 2.45) is 17.6 Å². The fourth-order valence-electron chi connectivity index (χ4n) is 3.47. The van der Waals surface area contributed by atoms with Crippen LogP contribution >= 0.6 is 0 Å². The van der Waals surface area contributed by atoms with E-state index in [4.69, 9.17) is 5.73 Å². The molecule has 1 amide bonds. The number of carbonyl (C=O) groups excluding carboxylic acids is 1. The zero-order valence-electron chi connectivity index (χ0n) is 12.1. The van der Waals surface area contributed by atoms with Crippen LogP contribution in [0.4, 0.5) is 14.5 Å². The predicted molar refractivity (Wildman–Crippen MR) is 76.8 cm³/mol. The molecular weight excluding hydrogens is 274 g/mol. The molecule has 1 fully saturated rings. The number of hydrogen-bond donors (Lipinski definition) is 1. The molecule has 0 aromatic heterocycles. The summed E-state index contributed by atoms with van der Waals surface area (Å²) in [7, 11) is 0. The lowest BCUT2D eigenvalue weighted by Crippen LogP contribution is -2.36. The van der Waals surface area contributed by atoms with Crippen molar-refractivity contribution < 1.29 is 13.6 Å². The summed E-state index contributed by atoms with van der Waals surface area (Å²) in [5.74, 6) is -0.622. The number of anilines is 1. The van der Waals surface area contributed by atoms with Gasteiger partial charge in [-0.25, -0.2) is 8.78 Å². The average Bonchev–Trinajstić information content (AvgIpc) is 2.66. The minimum atomic E-state index is -1.01. The van der Waals surface area contributed by atoms with E-state index in [1.54, 1.807) is 0 Å². The van der Waals surface area contributed by atoms with Crippen molar-refractivity contribution in [2.75, 3.05) is 11.4 Å². The first-order valence-electron chi connectivity index (χ1n) is 7.53. The largest absolute Gasteiger partial charge is 0.316 e. The Balaban J connectivity index is 1.85. The van der Waals surface area contributed by atoms with Gasteiger partial charge in [0.15, 0.2) is 0 Å². The van der Waals surface area contributed by atoms with Crippen LogP contribution in [-0.4, -0.2) is 12.5 Å². The summed E-state index contributed by atoms with van der Waals surface area (Å²) < 4.78 is 27.3. The molecule has 1 aromatic carbocycles. The van der Waals surface area contributed by atoms with E-state index in [0.717, 1.165) is 37.7 Å². The number of carbonyl (C=O) groups is 1. The van der Waals surface area contributed by atoms with Gasteiger partial charge in [-0.05, 0) is 30.7 Å². The third kappa shape index (κ3) is 2.55. The molecule has 114 valence electrons. The highest BCUT2D eigenvalue weighted by molar-refractivity contribution is 6.04. The Labute approximate surface area is 123 Å². The maximum absolute atomic E-state index is 13.9. The van der Waals surface area contributed by atoms with Gasteiger partial charge in [-0.15, -0.1) is 0 Å². The van der Waals surface area contributed by atoms with Crippen LogP contribution in [0.25, 0.3) is 0 Å². The van der Waals surface area contributed by atoms with Gasteiger partial charge in [0.05, 0.1) is 5.69 Å². The van der Waals surface area contributed by atoms with E-state index in [1.807, 2.05) is 0 Å². The molecule has 21 heavy (non-hydrogen) atoms. The predicted octanol–water partition coefficient (Wildman–Crippen LogP) is 3.14. The molecule has 0 radical (unpaired) electrons. The van der Waals surface area contributed by atoms with Gasteiger partial charge in [0, 0.05) is 18.2 Å². The van der Waals surface area contributed by atoms with Gasteiger partial charge in [0.25, 0.3) is 0 Å². The SMILES string of the molecule is CC1CCC(CN2C(=O)C(N)c3c(F)cc(F)cc32)CC1. The Morgan fingerprint density at radius 1 is 1.24 bits per heavy atom. The molecule has 0 spiro atoms. The number of fused-ring (bicyclic) bond motifs is 1. The van der Waals surface area contributed by atoms with Crippen LogP contribution < -0.4 is 10.6 Å². The van der Waals surface area contributed by atoms with Crippen LogP contribution in [0.15, 0.2) is 12.1 Å². The lowest BCUT2D eigenvalue weighted by molar-refractivity contribution is -0.119. The number of nitrogens with zero attached hydrogens (tertiary/aromatic N) is 1. The Morgan fingerprint density at radius 2 is 1.90 bits per heavy atom. The molecule has 2 aliphatic rings. The van der Waals surface area contributed by atoms with Crippen LogP contribution in [0.5, 0.6) is 0 Å². The molecule has 0 bridgehead atoms. The van der Waals surface area contributed by atoms with E-state index in [1.165, 1.54) is 11.0 Å². The van der Waals surface area contributed by atoms with Gasteiger partial charge in [-0.1, -0.05) is 19.8 Å². The van der Waals surface area contributed by atoms with Crippen LogP contribution in [0.2, 0.25) is 0 Å². The summed E-state index contributed by atoms with van der Waals surface area (Å²) in [5, 5.41) is 0. The highest BCUT2D eigenvalue weighted by Gasteiger charge is 2.38. The summed E-state index contributed by atoms with van der Waals surface area (Å²) in [6.07, 6.45) is 4.38. The number of nitrogens with two attached hydrogens (primary N) is 1. The Morgan fingerprint density at radius 3 is 2.57 bits per heavy atom. The van der Waals surface area contributed by atoms with Gasteiger partial charge in [0.2, 0.25) is 5.91 Å². The highest BCUT2D eigenvalue weighted by atomic mass is 19.1. The molecule has 1 heterocycles. The number of halogens is 2. The molecule has 1 aliphatic carbocycles. The summed E-state index contributed by atoms with van der Waals surface area (Å²) in [6.45, 7) is 2.74. The Bertz CT molecular complexity index is 568. The average molecular weight is 294 g/mol. The van der Waals surface area contributed by atoms with E-state index in [-0.39, 0.29) is 11.5 Å². The highest BCUT2D eigenvalue weighted by Crippen LogP contribution is 2.39. The normalized spacial score (nSPS) is 28.9. The summed E-state index contributed by atoms with van der Waals surface area (Å²) in [4.78, 5) is 13.8. The molecule has 5 heteroatoms. The van der Waals surface area contributed by atoms with Crippen LogP contribution in [0.3, 0.4) is 0 Å². The molecular formula is C16H20F2N2O. The van der Waals surface area contributed by atoms with Crippen molar-refractivity contribution in [2.45, 2.75) is 38.6 Å². The third-order valence-corrected chi connectivity index (χ3v) is 4.78. The Hall–Kier alpha value is -1.49. The summed E-state index contributed by atoms with van der Waals surface area (Å²) in [5.41, 5.74) is 6.24. The lowest BCUT2D eigenvalue weighted by Gasteiger charge is -2.30. The van der Waals surface area contributed by atoms with Crippen LogP contribution in [0, 0.1) is 23.5 Å². The zero-order chi connectivity index (χ0) is 15.1. The monoisotopic (exact) mass is 294 g/mol. The fourth-order valence-corrected chi connectivity index (χ4v) is 3.47.